The fraction of sp³-hybridized carbons (Fsp3) is 0.368. The summed E-state index contributed by atoms with van der Waals surface area (Å²) in [6, 6.07) is 21.5. The summed E-state index contributed by atoms with van der Waals surface area (Å²) in [7, 11) is 0. The van der Waals surface area contributed by atoms with E-state index in [0.29, 0.717) is 5.92 Å². The van der Waals surface area contributed by atoms with Gasteiger partial charge in [0.25, 0.3) is 0 Å². The topological polar surface area (TPSA) is 26.0 Å². The molecule has 0 unspecified atom stereocenters. The number of hydrogen-bond donors (Lipinski definition) is 1. The van der Waals surface area contributed by atoms with Gasteiger partial charge in [-0.2, -0.15) is 0 Å². The highest BCUT2D eigenvalue weighted by molar-refractivity contribution is 5.32. The van der Waals surface area contributed by atoms with E-state index in [9.17, 15) is 0 Å². The molecule has 2 N–H and O–H groups in total. The Morgan fingerprint density at radius 1 is 0.800 bits per heavy atom. The zero-order chi connectivity index (χ0) is 14.6. The van der Waals surface area contributed by atoms with E-state index in [1.165, 1.54) is 11.1 Å². The number of hydrogen-bond acceptors (Lipinski definition) is 1. The van der Waals surface area contributed by atoms with Crippen molar-refractivity contribution >= 4 is 0 Å². The van der Waals surface area contributed by atoms with Gasteiger partial charge in [0, 0.05) is 12.0 Å². The lowest BCUT2D eigenvalue weighted by atomic mass is 9.78. The van der Waals surface area contributed by atoms with Gasteiger partial charge in [-0.1, -0.05) is 81.4 Å². The van der Waals surface area contributed by atoms with Gasteiger partial charge in [-0.25, -0.2) is 0 Å². The maximum absolute atomic E-state index is 6.43. The Kier molecular flexibility index (Phi) is 4.61. The standard InChI is InChI=1S/C19H25N/c1-19(2,3)18(20)14-17(15-10-6-4-7-11-15)16-12-8-5-9-13-16/h4-13,17-18H,14,20H2,1-3H3/t18-/m1/s1. The lowest BCUT2D eigenvalue weighted by Gasteiger charge is -2.31. The van der Waals surface area contributed by atoms with Crippen LogP contribution in [-0.2, 0) is 0 Å². The van der Waals surface area contributed by atoms with Crippen molar-refractivity contribution in [2.45, 2.75) is 39.2 Å². The normalized spacial score (nSPS) is 13.4. The molecule has 0 aliphatic heterocycles. The van der Waals surface area contributed by atoms with Crippen LogP contribution in [0.25, 0.3) is 0 Å². The first-order valence-electron chi connectivity index (χ1n) is 7.34. The summed E-state index contributed by atoms with van der Waals surface area (Å²) in [5.74, 6) is 0.367. The molecule has 0 saturated carbocycles. The molecule has 0 heterocycles. The first kappa shape index (κ1) is 14.8. The average Bonchev–Trinajstić information content (AvgIpc) is 2.45. The monoisotopic (exact) mass is 267 g/mol. The van der Waals surface area contributed by atoms with Crippen molar-refractivity contribution in [3.8, 4) is 0 Å². The highest BCUT2D eigenvalue weighted by Crippen LogP contribution is 2.33. The Morgan fingerprint density at radius 3 is 1.55 bits per heavy atom. The van der Waals surface area contributed by atoms with Gasteiger partial charge < -0.3 is 5.73 Å². The summed E-state index contributed by atoms with van der Waals surface area (Å²) in [5.41, 5.74) is 9.24. The smallest absolute Gasteiger partial charge is 0.0104 e. The summed E-state index contributed by atoms with van der Waals surface area (Å²) in [6.45, 7) is 6.64. The summed E-state index contributed by atoms with van der Waals surface area (Å²) in [4.78, 5) is 0. The van der Waals surface area contributed by atoms with Gasteiger partial charge in [0.2, 0.25) is 0 Å². The molecule has 1 nitrogen and oxygen atoms in total. The van der Waals surface area contributed by atoms with Crippen LogP contribution in [0.2, 0.25) is 0 Å². The molecule has 2 aromatic carbocycles. The Hall–Kier alpha value is -1.60. The molecule has 0 bridgehead atoms. The third-order valence-corrected chi connectivity index (χ3v) is 4.01. The molecule has 20 heavy (non-hydrogen) atoms. The van der Waals surface area contributed by atoms with Crippen molar-refractivity contribution in [2.75, 3.05) is 0 Å². The molecule has 0 aliphatic rings. The number of nitrogens with two attached hydrogens (primary N) is 1. The van der Waals surface area contributed by atoms with E-state index in [1.54, 1.807) is 0 Å². The van der Waals surface area contributed by atoms with Crippen molar-refractivity contribution in [3.63, 3.8) is 0 Å². The predicted octanol–water partition coefficient (Wildman–Crippen LogP) is 4.58. The molecule has 0 amide bonds. The van der Waals surface area contributed by atoms with Crippen LogP contribution in [0.3, 0.4) is 0 Å². The highest BCUT2D eigenvalue weighted by atomic mass is 14.7. The van der Waals surface area contributed by atoms with Gasteiger partial charge in [0.15, 0.2) is 0 Å². The number of rotatable bonds is 4. The molecular formula is C19H25N. The van der Waals surface area contributed by atoms with E-state index in [2.05, 4.69) is 81.4 Å². The SMILES string of the molecule is CC(C)(C)[C@H](N)CC(c1ccccc1)c1ccccc1. The largest absolute Gasteiger partial charge is 0.327 e. The minimum atomic E-state index is 0.127. The van der Waals surface area contributed by atoms with Crippen molar-refractivity contribution in [1.29, 1.82) is 0 Å². The molecule has 106 valence electrons. The Bertz CT molecular complexity index is 471. The van der Waals surface area contributed by atoms with Crippen LogP contribution < -0.4 is 5.73 Å². The Balaban J connectivity index is 2.31. The van der Waals surface area contributed by atoms with Crippen molar-refractivity contribution < 1.29 is 0 Å². The quantitative estimate of drug-likeness (QED) is 0.862. The summed E-state index contributed by atoms with van der Waals surface area (Å²) < 4.78 is 0. The lowest BCUT2D eigenvalue weighted by molar-refractivity contribution is 0.298. The maximum Gasteiger partial charge on any atom is 0.0104 e. The van der Waals surface area contributed by atoms with Crippen LogP contribution in [0.4, 0.5) is 0 Å². The first-order chi connectivity index (χ1) is 9.48. The molecule has 2 rings (SSSR count). The molecule has 0 radical (unpaired) electrons. The van der Waals surface area contributed by atoms with E-state index >= 15 is 0 Å². The van der Waals surface area contributed by atoms with Crippen LogP contribution >= 0.6 is 0 Å². The molecule has 0 spiro atoms. The van der Waals surface area contributed by atoms with E-state index in [1.807, 2.05) is 0 Å². The molecule has 0 fully saturated rings. The molecule has 1 heteroatoms. The summed E-state index contributed by atoms with van der Waals surface area (Å²) in [6.07, 6.45) is 0.970. The van der Waals surface area contributed by atoms with Gasteiger partial charge in [-0.05, 0) is 23.0 Å². The van der Waals surface area contributed by atoms with Gasteiger partial charge in [-0.15, -0.1) is 0 Å². The van der Waals surface area contributed by atoms with E-state index in [-0.39, 0.29) is 11.5 Å². The minimum Gasteiger partial charge on any atom is -0.327 e. The molecule has 0 aromatic heterocycles. The average molecular weight is 267 g/mol. The zero-order valence-corrected chi connectivity index (χ0v) is 12.7. The molecule has 2 aromatic rings. The second-order valence-electron chi connectivity index (χ2n) is 6.58. The fourth-order valence-corrected chi connectivity index (χ4v) is 2.44. The van der Waals surface area contributed by atoms with Crippen molar-refractivity contribution in [2.24, 2.45) is 11.1 Å². The second-order valence-corrected chi connectivity index (χ2v) is 6.58. The van der Waals surface area contributed by atoms with E-state index in [0.717, 1.165) is 6.42 Å². The van der Waals surface area contributed by atoms with Gasteiger partial charge >= 0.3 is 0 Å². The predicted molar refractivity (Wildman–Crippen MR) is 86.8 cm³/mol. The Labute approximate surface area is 122 Å². The maximum atomic E-state index is 6.43. The van der Waals surface area contributed by atoms with Crippen LogP contribution in [0.1, 0.15) is 44.2 Å². The van der Waals surface area contributed by atoms with E-state index in [4.69, 9.17) is 5.73 Å². The van der Waals surface area contributed by atoms with Crippen LogP contribution in [-0.4, -0.2) is 6.04 Å². The van der Waals surface area contributed by atoms with Gasteiger partial charge in [0.05, 0.1) is 0 Å². The first-order valence-corrected chi connectivity index (χ1v) is 7.34. The molecular weight excluding hydrogens is 242 g/mol. The zero-order valence-electron chi connectivity index (χ0n) is 12.7. The lowest BCUT2D eigenvalue weighted by Crippen LogP contribution is -2.36. The second kappa shape index (κ2) is 6.23. The van der Waals surface area contributed by atoms with Crippen LogP contribution in [0.15, 0.2) is 60.7 Å². The van der Waals surface area contributed by atoms with Crippen molar-refractivity contribution in [1.82, 2.24) is 0 Å². The van der Waals surface area contributed by atoms with E-state index < -0.39 is 0 Å². The van der Waals surface area contributed by atoms with Gasteiger partial charge in [0.1, 0.15) is 0 Å². The number of benzene rings is 2. The highest BCUT2D eigenvalue weighted by Gasteiger charge is 2.25. The van der Waals surface area contributed by atoms with Crippen molar-refractivity contribution in [3.05, 3.63) is 71.8 Å². The summed E-state index contributed by atoms with van der Waals surface area (Å²) >= 11 is 0. The third kappa shape index (κ3) is 3.71. The Morgan fingerprint density at radius 2 is 1.20 bits per heavy atom. The third-order valence-electron chi connectivity index (χ3n) is 4.01. The molecule has 0 aliphatic carbocycles. The van der Waals surface area contributed by atoms with Crippen LogP contribution in [0, 0.1) is 5.41 Å². The minimum absolute atomic E-state index is 0.127. The molecule has 1 atom stereocenters. The van der Waals surface area contributed by atoms with Crippen LogP contribution in [0.5, 0.6) is 0 Å². The molecule has 0 saturated heterocycles. The fourth-order valence-electron chi connectivity index (χ4n) is 2.44. The van der Waals surface area contributed by atoms with Gasteiger partial charge in [-0.3, -0.25) is 0 Å². The summed E-state index contributed by atoms with van der Waals surface area (Å²) in [5, 5.41) is 0.